The van der Waals surface area contributed by atoms with Gasteiger partial charge in [-0.25, -0.2) is 0 Å². The molecule has 22 heavy (non-hydrogen) atoms. The van der Waals surface area contributed by atoms with Gasteiger partial charge in [0, 0.05) is 30.4 Å². The number of hydrogen-bond acceptors (Lipinski definition) is 4. The number of carbonyl (C=O) groups is 2. The van der Waals surface area contributed by atoms with E-state index in [1.807, 2.05) is 0 Å². The minimum atomic E-state index is -0.247. The summed E-state index contributed by atoms with van der Waals surface area (Å²) in [7, 11) is 1.54. The van der Waals surface area contributed by atoms with Gasteiger partial charge in [0.15, 0.2) is 6.20 Å². The third kappa shape index (κ3) is 4.23. The lowest BCUT2D eigenvalue weighted by Gasteiger charge is -2.07. The van der Waals surface area contributed by atoms with Gasteiger partial charge in [0.05, 0.1) is 5.75 Å². The van der Waals surface area contributed by atoms with Gasteiger partial charge < -0.3 is 15.8 Å². The predicted octanol–water partition coefficient (Wildman–Crippen LogP) is 1.41. The van der Waals surface area contributed by atoms with Gasteiger partial charge in [-0.05, 0) is 36.0 Å². The minimum absolute atomic E-state index is 0.108. The summed E-state index contributed by atoms with van der Waals surface area (Å²) in [5, 5.41) is 17.1. The van der Waals surface area contributed by atoms with E-state index in [-0.39, 0.29) is 17.6 Å². The number of rotatable bonds is 5. The van der Waals surface area contributed by atoms with Crippen LogP contribution in [0.4, 0.5) is 5.69 Å². The topological polar surface area (TPSA) is 85.1 Å². The van der Waals surface area contributed by atoms with Crippen molar-refractivity contribution in [3.8, 4) is 0 Å². The lowest BCUT2D eigenvalue weighted by molar-refractivity contribution is -0.645. The van der Waals surface area contributed by atoms with E-state index in [4.69, 9.17) is 0 Å². The first-order valence-corrected chi connectivity index (χ1v) is 7.51. The molecule has 0 unspecified atom stereocenters. The lowest BCUT2D eigenvalue weighted by atomic mass is 10.2. The van der Waals surface area contributed by atoms with Gasteiger partial charge in [0.25, 0.3) is 10.9 Å². The van der Waals surface area contributed by atoms with E-state index in [1.54, 1.807) is 49.5 Å². The maximum absolute atomic E-state index is 11.9. The summed E-state index contributed by atoms with van der Waals surface area (Å²) in [4.78, 5) is 23.4. The van der Waals surface area contributed by atoms with Crippen molar-refractivity contribution in [1.29, 1.82) is 0 Å². The highest BCUT2D eigenvalue weighted by atomic mass is 32.2. The highest BCUT2D eigenvalue weighted by Crippen LogP contribution is 2.15. The second-order valence-corrected chi connectivity index (χ2v) is 5.36. The van der Waals surface area contributed by atoms with Crippen LogP contribution in [0.25, 0.3) is 0 Å². The molecule has 2 amide bonds. The van der Waals surface area contributed by atoms with Crippen LogP contribution in [-0.2, 0) is 4.79 Å². The second-order valence-electron chi connectivity index (χ2n) is 4.36. The van der Waals surface area contributed by atoms with Crippen LogP contribution in [0.2, 0.25) is 0 Å². The number of thioether (sulfide) groups is 1. The fourth-order valence-corrected chi connectivity index (χ4v) is 2.46. The maximum Gasteiger partial charge on any atom is 0.251 e. The molecule has 1 aromatic carbocycles. The van der Waals surface area contributed by atoms with Crippen LogP contribution in [0.1, 0.15) is 10.4 Å². The molecule has 0 fully saturated rings. The number of anilines is 1. The normalized spacial score (nSPS) is 10.0. The largest absolute Gasteiger partial charge is 0.618 e. The van der Waals surface area contributed by atoms with Crippen molar-refractivity contribution in [2.75, 3.05) is 18.1 Å². The smallest absolute Gasteiger partial charge is 0.251 e. The van der Waals surface area contributed by atoms with Gasteiger partial charge in [0.1, 0.15) is 0 Å². The molecular weight excluding hydrogens is 302 g/mol. The first kappa shape index (κ1) is 15.8. The second kappa shape index (κ2) is 7.46. The third-order valence-corrected chi connectivity index (χ3v) is 3.79. The number of hydrogen-bond donors (Lipinski definition) is 2. The first-order chi connectivity index (χ1) is 10.6. The van der Waals surface area contributed by atoms with Crippen molar-refractivity contribution >= 4 is 29.3 Å². The van der Waals surface area contributed by atoms with Crippen LogP contribution in [0, 0.1) is 5.21 Å². The average molecular weight is 317 g/mol. The summed E-state index contributed by atoms with van der Waals surface area (Å²) in [5.41, 5.74) is 1.00. The van der Waals surface area contributed by atoms with E-state index < -0.39 is 0 Å². The van der Waals surface area contributed by atoms with Crippen molar-refractivity contribution in [2.24, 2.45) is 0 Å². The van der Waals surface area contributed by atoms with Gasteiger partial charge in [-0.1, -0.05) is 6.07 Å². The van der Waals surface area contributed by atoms with E-state index in [0.29, 0.717) is 21.0 Å². The molecule has 0 aliphatic heterocycles. The van der Waals surface area contributed by atoms with Gasteiger partial charge in [0.2, 0.25) is 5.91 Å². The molecule has 114 valence electrons. The molecule has 1 aromatic heterocycles. The first-order valence-electron chi connectivity index (χ1n) is 6.53. The van der Waals surface area contributed by atoms with Crippen molar-refractivity contribution < 1.29 is 14.3 Å². The Morgan fingerprint density at radius 2 is 2.05 bits per heavy atom. The van der Waals surface area contributed by atoms with Gasteiger partial charge in [-0.3, -0.25) is 9.59 Å². The molecule has 2 N–H and O–H groups in total. The number of amides is 2. The van der Waals surface area contributed by atoms with Crippen LogP contribution >= 0.6 is 11.8 Å². The summed E-state index contributed by atoms with van der Waals surface area (Å²) in [6.07, 6.45) is 1.38. The molecular formula is C15H15N3O3S. The number of nitrogens with zero attached hydrogens (tertiary/aromatic N) is 1. The fraction of sp³-hybridized carbons (Fsp3) is 0.133. The standard InChI is InChI=1S/C15H15N3O3S/c1-16-15(20)11-5-4-6-12(9-11)17-13(19)10-22-14-7-2-3-8-18(14)21/h2-9H,10H2,1H3,(H,16,20)(H,17,19). The Hall–Kier alpha value is -2.54. The zero-order chi connectivity index (χ0) is 15.9. The van der Waals surface area contributed by atoms with Gasteiger partial charge in [-0.15, -0.1) is 0 Å². The quantitative estimate of drug-likeness (QED) is 0.496. The highest BCUT2D eigenvalue weighted by Gasteiger charge is 2.10. The Labute approximate surface area is 132 Å². The van der Waals surface area contributed by atoms with Crippen LogP contribution < -0.4 is 15.4 Å². The van der Waals surface area contributed by atoms with Crippen LogP contribution in [0.3, 0.4) is 0 Å². The molecule has 6 nitrogen and oxygen atoms in total. The van der Waals surface area contributed by atoms with Gasteiger partial charge in [-0.2, -0.15) is 4.73 Å². The fourth-order valence-electron chi connectivity index (χ4n) is 1.74. The van der Waals surface area contributed by atoms with E-state index in [1.165, 1.54) is 6.20 Å². The van der Waals surface area contributed by atoms with E-state index in [2.05, 4.69) is 10.6 Å². The molecule has 0 spiro atoms. The molecule has 0 radical (unpaired) electrons. The SMILES string of the molecule is CNC(=O)c1cccc(NC(=O)CSc2cccc[n+]2[O-])c1. The van der Waals surface area contributed by atoms with Crippen LogP contribution in [0.5, 0.6) is 0 Å². The average Bonchev–Trinajstić information content (AvgIpc) is 2.53. The third-order valence-electron chi connectivity index (χ3n) is 2.78. The van der Waals surface area contributed by atoms with Crippen molar-refractivity contribution in [3.05, 3.63) is 59.4 Å². The number of benzene rings is 1. The van der Waals surface area contributed by atoms with Crippen molar-refractivity contribution in [3.63, 3.8) is 0 Å². The summed E-state index contributed by atoms with van der Waals surface area (Å²) < 4.78 is 0.712. The Balaban J connectivity index is 1.95. The Kier molecular flexibility index (Phi) is 5.37. The number of carbonyl (C=O) groups excluding carboxylic acids is 2. The Morgan fingerprint density at radius 1 is 1.23 bits per heavy atom. The van der Waals surface area contributed by atoms with Crippen molar-refractivity contribution in [1.82, 2.24) is 5.32 Å². The molecule has 0 bridgehead atoms. The van der Waals surface area contributed by atoms with Crippen molar-refractivity contribution in [2.45, 2.75) is 5.03 Å². The summed E-state index contributed by atoms with van der Waals surface area (Å²) in [5.74, 6) is -0.360. The number of nitrogens with one attached hydrogen (secondary N) is 2. The zero-order valence-electron chi connectivity index (χ0n) is 11.9. The predicted molar refractivity (Wildman–Crippen MR) is 84.6 cm³/mol. The zero-order valence-corrected chi connectivity index (χ0v) is 12.7. The molecule has 0 aliphatic carbocycles. The molecule has 0 saturated heterocycles. The molecule has 0 aliphatic rings. The molecule has 7 heteroatoms. The summed E-state index contributed by atoms with van der Waals surface area (Å²) >= 11 is 1.15. The number of aromatic nitrogens is 1. The van der Waals surface area contributed by atoms with Gasteiger partial charge >= 0.3 is 0 Å². The summed E-state index contributed by atoms with van der Waals surface area (Å²) in [6, 6.07) is 11.7. The minimum Gasteiger partial charge on any atom is -0.618 e. The monoisotopic (exact) mass is 317 g/mol. The van der Waals surface area contributed by atoms with E-state index in [9.17, 15) is 14.8 Å². The molecule has 0 saturated carbocycles. The maximum atomic E-state index is 11.9. The summed E-state index contributed by atoms with van der Waals surface area (Å²) in [6.45, 7) is 0. The Morgan fingerprint density at radius 3 is 2.77 bits per heavy atom. The van der Waals surface area contributed by atoms with Crippen LogP contribution in [0.15, 0.2) is 53.7 Å². The molecule has 1 heterocycles. The highest BCUT2D eigenvalue weighted by molar-refractivity contribution is 7.99. The van der Waals surface area contributed by atoms with E-state index in [0.717, 1.165) is 11.8 Å². The Bertz CT molecular complexity index is 691. The molecule has 0 atom stereocenters. The lowest BCUT2D eigenvalue weighted by Crippen LogP contribution is -2.28. The van der Waals surface area contributed by atoms with Crippen LogP contribution in [-0.4, -0.2) is 24.6 Å². The number of pyridine rings is 1. The molecule has 2 aromatic rings. The van der Waals surface area contributed by atoms with E-state index >= 15 is 0 Å². The molecule has 2 rings (SSSR count).